The molecule has 0 atom stereocenters. The standard InChI is InChI=1S/C21H18ClNO3/c22-16-8-2-5-11-19(16)26-20-12-6-3-9-17(20)23-21(25)14-13-15-7-1-4-10-18(15)24/h1-12,24H,13-14H2,(H,23,25). The van der Waals surface area contributed by atoms with E-state index in [0.717, 1.165) is 5.56 Å². The van der Waals surface area contributed by atoms with Gasteiger partial charge >= 0.3 is 0 Å². The zero-order chi connectivity index (χ0) is 18.4. The number of para-hydroxylation sites is 4. The first kappa shape index (κ1) is 17.8. The lowest BCUT2D eigenvalue weighted by molar-refractivity contribution is -0.116. The molecule has 26 heavy (non-hydrogen) atoms. The van der Waals surface area contributed by atoms with E-state index >= 15 is 0 Å². The van der Waals surface area contributed by atoms with E-state index in [1.54, 1.807) is 42.5 Å². The number of aryl methyl sites for hydroxylation is 1. The third-order valence-corrected chi connectivity index (χ3v) is 4.14. The Bertz CT molecular complexity index is 911. The Morgan fingerprint density at radius 2 is 1.58 bits per heavy atom. The van der Waals surface area contributed by atoms with Crippen LogP contribution in [0, 0.1) is 0 Å². The lowest BCUT2D eigenvalue weighted by atomic mass is 10.1. The fourth-order valence-electron chi connectivity index (χ4n) is 2.49. The average molecular weight is 368 g/mol. The number of phenols is 1. The quantitative estimate of drug-likeness (QED) is 0.612. The summed E-state index contributed by atoms with van der Waals surface area (Å²) >= 11 is 6.13. The summed E-state index contributed by atoms with van der Waals surface area (Å²) in [5, 5.41) is 13.1. The average Bonchev–Trinajstić information content (AvgIpc) is 2.64. The van der Waals surface area contributed by atoms with Crippen molar-refractivity contribution in [3.63, 3.8) is 0 Å². The Kier molecular flexibility index (Phi) is 5.77. The molecule has 4 nitrogen and oxygen atoms in total. The zero-order valence-electron chi connectivity index (χ0n) is 14.0. The third-order valence-electron chi connectivity index (χ3n) is 3.83. The molecule has 3 aromatic carbocycles. The molecule has 2 N–H and O–H groups in total. The number of halogens is 1. The molecule has 0 unspecified atom stereocenters. The predicted octanol–water partition coefficient (Wildman–Crippen LogP) is 5.41. The van der Waals surface area contributed by atoms with E-state index in [0.29, 0.717) is 28.6 Å². The van der Waals surface area contributed by atoms with E-state index in [2.05, 4.69) is 5.32 Å². The van der Waals surface area contributed by atoms with Crippen molar-refractivity contribution in [2.24, 2.45) is 0 Å². The van der Waals surface area contributed by atoms with Crippen molar-refractivity contribution in [1.82, 2.24) is 0 Å². The van der Waals surface area contributed by atoms with Gasteiger partial charge in [-0.3, -0.25) is 4.79 Å². The number of rotatable bonds is 6. The van der Waals surface area contributed by atoms with Crippen LogP contribution in [0.15, 0.2) is 72.8 Å². The number of carbonyl (C=O) groups is 1. The van der Waals surface area contributed by atoms with Crippen LogP contribution in [0.25, 0.3) is 0 Å². The van der Waals surface area contributed by atoms with Crippen molar-refractivity contribution in [1.29, 1.82) is 0 Å². The molecule has 0 bridgehead atoms. The van der Waals surface area contributed by atoms with Crippen LogP contribution in [-0.2, 0) is 11.2 Å². The number of phenolic OH excluding ortho intramolecular Hbond substituents is 1. The largest absolute Gasteiger partial charge is 0.508 e. The Morgan fingerprint density at radius 3 is 2.35 bits per heavy atom. The highest BCUT2D eigenvalue weighted by atomic mass is 35.5. The SMILES string of the molecule is O=C(CCc1ccccc1O)Nc1ccccc1Oc1ccccc1Cl. The molecule has 0 aromatic heterocycles. The molecule has 0 aliphatic heterocycles. The van der Waals surface area contributed by atoms with E-state index in [1.165, 1.54) is 0 Å². The van der Waals surface area contributed by atoms with Crippen LogP contribution < -0.4 is 10.1 Å². The van der Waals surface area contributed by atoms with Gasteiger partial charge in [-0.05, 0) is 42.3 Å². The highest BCUT2D eigenvalue weighted by molar-refractivity contribution is 6.32. The van der Waals surface area contributed by atoms with E-state index in [1.807, 2.05) is 30.3 Å². The van der Waals surface area contributed by atoms with E-state index in [-0.39, 0.29) is 18.1 Å². The molecular weight excluding hydrogens is 350 g/mol. The number of hydrogen-bond donors (Lipinski definition) is 2. The molecule has 0 saturated carbocycles. The number of anilines is 1. The monoisotopic (exact) mass is 367 g/mol. The number of nitrogens with one attached hydrogen (secondary N) is 1. The number of ether oxygens (including phenoxy) is 1. The summed E-state index contributed by atoms with van der Waals surface area (Å²) in [5.74, 6) is 1.06. The van der Waals surface area contributed by atoms with Crippen molar-refractivity contribution in [2.75, 3.05) is 5.32 Å². The van der Waals surface area contributed by atoms with Crippen LogP contribution in [0.4, 0.5) is 5.69 Å². The number of aromatic hydroxyl groups is 1. The van der Waals surface area contributed by atoms with Crippen LogP contribution in [0.1, 0.15) is 12.0 Å². The zero-order valence-corrected chi connectivity index (χ0v) is 14.7. The van der Waals surface area contributed by atoms with Gasteiger partial charge in [-0.25, -0.2) is 0 Å². The summed E-state index contributed by atoms with van der Waals surface area (Å²) in [6.07, 6.45) is 0.698. The van der Waals surface area contributed by atoms with Crippen molar-refractivity contribution >= 4 is 23.2 Å². The molecule has 0 heterocycles. The number of amides is 1. The molecule has 3 rings (SSSR count). The number of carbonyl (C=O) groups excluding carboxylic acids is 1. The van der Waals surface area contributed by atoms with Gasteiger partial charge in [-0.2, -0.15) is 0 Å². The highest BCUT2D eigenvalue weighted by Crippen LogP contribution is 2.33. The number of hydrogen-bond acceptors (Lipinski definition) is 3. The molecule has 0 aliphatic carbocycles. The minimum absolute atomic E-state index is 0.163. The normalized spacial score (nSPS) is 10.3. The summed E-state index contributed by atoms with van der Waals surface area (Å²) in [7, 11) is 0. The molecule has 0 fully saturated rings. The second-order valence-electron chi connectivity index (χ2n) is 5.71. The van der Waals surface area contributed by atoms with E-state index in [4.69, 9.17) is 16.3 Å². The van der Waals surface area contributed by atoms with Gasteiger partial charge in [-0.1, -0.05) is 54.1 Å². The molecule has 0 aliphatic rings. The van der Waals surface area contributed by atoms with Gasteiger partial charge < -0.3 is 15.2 Å². The molecule has 5 heteroatoms. The van der Waals surface area contributed by atoms with E-state index in [9.17, 15) is 9.90 Å². The molecular formula is C21H18ClNO3. The van der Waals surface area contributed by atoms with Gasteiger partial charge in [0.1, 0.15) is 11.5 Å². The maximum atomic E-state index is 12.3. The second kappa shape index (κ2) is 8.41. The Morgan fingerprint density at radius 1 is 0.923 bits per heavy atom. The summed E-state index contributed by atoms with van der Waals surface area (Å²) in [6.45, 7) is 0. The molecule has 0 radical (unpaired) electrons. The lowest BCUT2D eigenvalue weighted by Gasteiger charge is -2.13. The van der Waals surface area contributed by atoms with Crippen LogP contribution in [0.3, 0.4) is 0 Å². The Labute approximate surface area is 157 Å². The van der Waals surface area contributed by atoms with Crippen LogP contribution >= 0.6 is 11.6 Å². The first-order chi connectivity index (χ1) is 12.6. The van der Waals surface area contributed by atoms with Crippen molar-refractivity contribution in [2.45, 2.75) is 12.8 Å². The second-order valence-corrected chi connectivity index (χ2v) is 6.11. The molecule has 0 spiro atoms. The smallest absolute Gasteiger partial charge is 0.224 e. The van der Waals surface area contributed by atoms with Gasteiger partial charge in [-0.15, -0.1) is 0 Å². The minimum atomic E-state index is -0.163. The van der Waals surface area contributed by atoms with Gasteiger partial charge in [0, 0.05) is 6.42 Å². The summed E-state index contributed by atoms with van der Waals surface area (Å²) in [5.41, 5.74) is 1.30. The summed E-state index contributed by atoms with van der Waals surface area (Å²) in [6, 6.07) is 21.3. The molecule has 0 saturated heterocycles. The molecule has 1 amide bonds. The predicted molar refractivity (Wildman–Crippen MR) is 103 cm³/mol. The Hall–Kier alpha value is -2.98. The first-order valence-electron chi connectivity index (χ1n) is 8.21. The van der Waals surface area contributed by atoms with E-state index < -0.39 is 0 Å². The fourth-order valence-corrected chi connectivity index (χ4v) is 2.66. The third kappa shape index (κ3) is 4.55. The topological polar surface area (TPSA) is 58.6 Å². The first-order valence-corrected chi connectivity index (χ1v) is 8.59. The Balaban J connectivity index is 1.67. The minimum Gasteiger partial charge on any atom is -0.508 e. The van der Waals surface area contributed by atoms with Gasteiger partial charge in [0.25, 0.3) is 0 Å². The summed E-state index contributed by atoms with van der Waals surface area (Å²) in [4.78, 5) is 12.3. The fraction of sp³-hybridized carbons (Fsp3) is 0.0952. The summed E-state index contributed by atoms with van der Waals surface area (Å²) < 4.78 is 5.84. The maximum absolute atomic E-state index is 12.3. The molecule has 132 valence electrons. The van der Waals surface area contributed by atoms with Gasteiger partial charge in [0.05, 0.1) is 10.7 Å². The molecule has 3 aromatic rings. The van der Waals surface area contributed by atoms with Gasteiger partial charge in [0.2, 0.25) is 5.91 Å². The highest BCUT2D eigenvalue weighted by Gasteiger charge is 2.11. The van der Waals surface area contributed by atoms with Crippen LogP contribution in [0.5, 0.6) is 17.2 Å². The lowest BCUT2D eigenvalue weighted by Crippen LogP contribution is -2.13. The van der Waals surface area contributed by atoms with Crippen molar-refractivity contribution in [3.05, 3.63) is 83.4 Å². The van der Waals surface area contributed by atoms with Crippen molar-refractivity contribution < 1.29 is 14.6 Å². The van der Waals surface area contributed by atoms with Crippen LogP contribution in [0.2, 0.25) is 5.02 Å². The van der Waals surface area contributed by atoms with Crippen molar-refractivity contribution in [3.8, 4) is 17.2 Å². The van der Waals surface area contributed by atoms with Crippen LogP contribution in [-0.4, -0.2) is 11.0 Å². The maximum Gasteiger partial charge on any atom is 0.224 e. The van der Waals surface area contributed by atoms with Gasteiger partial charge in [0.15, 0.2) is 5.75 Å². The number of benzene rings is 3.